The second-order valence-corrected chi connectivity index (χ2v) is 10.1. The van der Waals surface area contributed by atoms with Crippen LogP contribution in [0.4, 0.5) is 0 Å². The molecule has 0 bridgehead atoms. The summed E-state index contributed by atoms with van der Waals surface area (Å²) in [4.78, 5) is 14.9. The Balaban J connectivity index is 0.00000228. The Hall–Kier alpha value is -1.83. The van der Waals surface area contributed by atoms with Crippen LogP contribution in [-0.4, -0.2) is 54.2 Å². The van der Waals surface area contributed by atoms with E-state index in [1.54, 1.807) is 0 Å². The minimum Gasteiger partial charge on any atom is -0.507 e. The maximum atomic E-state index is 12.5. The summed E-state index contributed by atoms with van der Waals surface area (Å²) >= 11 is 0. The molecule has 2 aliphatic heterocycles. The zero-order valence-corrected chi connectivity index (χ0v) is 23.2. The van der Waals surface area contributed by atoms with Crippen molar-refractivity contribution in [2.75, 3.05) is 26.2 Å². The third-order valence-corrected chi connectivity index (χ3v) is 7.55. The molecule has 2 heterocycles. The zero-order chi connectivity index (χ0) is 24.2. The van der Waals surface area contributed by atoms with Gasteiger partial charge in [0.15, 0.2) is 0 Å². The monoisotopic (exact) mass is 537 g/mol. The highest BCUT2D eigenvalue weighted by Crippen LogP contribution is 2.40. The van der Waals surface area contributed by atoms with Gasteiger partial charge in [-0.3, -0.25) is 4.79 Å². The molecule has 2 aliphatic rings. The minimum atomic E-state index is -0.142. The van der Waals surface area contributed by atoms with Crippen LogP contribution in [0.3, 0.4) is 0 Å². The summed E-state index contributed by atoms with van der Waals surface area (Å²) in [6.45, 7) is 9.51. The quantitative estimate of drug-likeness (QED) is 0.475. The van der Waals surface area contributed by atoms with E-state index in [2.05, 4.69) is 23.2 Å². The Bertz CT molecular complexity index is 994. The molecule has 1 amide bonds. The van der Waals surface area contributed by atoms with Gasteiger partial charge in [-0.1, -0.05) is 29.8 Å². The maximum Gasteiger partial charge on any atom is 0.251 e. The lowest BCUT2D eigenvalue weighted by molar-refractivity contribution is -0.0647. The van der Waals surface area contributed by atoms with Gasteiger partial charge in [0.05, 0.1) is 12.2 Å². The van der Waals surface area contributed by atoms with E-state index in [0.29, 0.717) is 23.8 Å². The standard InChI is InChI=1S/C28H39N3O3.2ClH/c1-18-4-7-22(8-5-18)28(33)30-20(3)10-13-31-14-11-21(12-15-31)25-16-24-23(26(17-29)34-25)9-6-19(2)27(24)32;;/h4-9,20-21,25-26,32H,10-17,29H2,1-3H3,(H,30,33);2*1H/t20?,25-,26-;;/m0../s1. The van der Waals surface area contributed by atoms with Gasteiger partial charge in [-0.05, 0) is 82.3 Å². The molecule has 1 unspecified atom stereocenters. The van der Waals surface area contributed by atoms with E-state index in [9.17, 15) is 9.90 Å². The van der Waals surface area contributed by atoms with Crippen LogP contribution in [-0.2, 0) is 11.2 Å². The zero-order valence-electron chi connectivity index (χ0n) is 21.5. The number of nitrogens with two attached hydrogens (primary N) is 1. The van der Waals surface area contributed by atoms with Crippen molar-refractivity contribution >= 4 is 30.7 Å². The van der Waals surface area contributed by atoms with E-state index in [-0.39, 0.29) is 49.0 Å². The molecule has 0 spiro atoms. The number of aryl methyl sites for hydroxylation is 2. The predicted molar refractivity (Wildman–Crippen MR) is 150 cm³/mol. The molecule has 0 saturated carbocycles. The molecule has 4 rings (SSSR count). The molecule has 3 atom stereocenters. The summed E-state index contributed by atoms with van der Waals surface area (Å²) < 4.78 is 6.42. The van der Waals surface area contributed by atoms with Gasteiger partial charge in [0.25, 0.3) is 5.91 Å². The fraction of sp³-hybridized carbons (Fsp3) is 0.536. The normalized spacial score (nSPS) is 21.0. The number of carbonyl (C=O) groups is 1. The fourth-order valence-corrected chi connectivity index (χ4v) is 5.29. The van der Waals surface area contributed by atoms with Crippen LogP contribution in [0, 0.1) is 19.8 Å². The number of nitrogens with zero attached hydrogens (tertiary/aromatic N) is 1. The molecule has 6 nitrogen and oxygen atoms in total. The van der Waals surface area contributed by atoms with Crippen LogP contribution >= 0.6 is 24.8 Å². The number of likely N-dealkylation sites (tertiary alicyclic amines) is 1. The van der Waals surface area contributed by atoms with Crippen molar-refractivity contribution < 1.29 is 14.6 Å². The van der Waals surface area contributed by atoms with Crippen molar-refractivity contribution in [2.24, 2.45) is 11.7 Å². The summed E-state index contributed by atoms with van der Waals surface area (Å²) in [5, 5.41) is 13.8. The topological polar surface area (TPSA) is 87.8 Å². The maximum absolute atomic E-state index is 12.5. The average molecular weight is 539 g/mol. The second-order valence-electron chi connectivity index (χ2n) is 10.1. The lowest BCUT2D eigenvalue weighted by Crippen LogP contribution is -2.43. The first kappa shape index (κ1) is 30.4. The third kappa shape index (κ3) is 7.14. The van der Waals surface area contributed by atoms with Crippen molar-refractivity contribution in [3.05, 3.63) is 64.2 Å². The number of hydrogen-bond donors (Lipinski definition) is 3. The number of carbonyl (C=O) groups excluding carboxylic acids is 1. The lowest BCUT2D eigenvalue weighted by Gasteiger charge is -2.40. The van der Waals surface area contributed by atoms with Crippen LogP contribution in [0.1, 0.15) is 64.9 Å². The summed E-state index contributed by atoms with van der Waals surface area (Å²) in [7, 11) is 0. The molecule has 0 radical (unpaired) electrons. The smallest absolute Gasteiger partial charge is 0.251 e. The Morgan fingerprint density at radius 2 is 1.81 bits per heavy atom. The molecular weight excluding hydrogens is 497 g/mol. The van der Waals surface area contributed by atoms with Gasteiger partial charge in [-0.25, -0.2) is 0 Å². The predicted octanol–water partition coefficient (Wildman–Crippen LogP) is 4.71. The molecule has 0 aliphatic carbocycles. The Labute approximate surface area is 227 Å². The summed E-state index contributed by atoms with van der Waals surface area (Å²) in [5.74, 6) is 0.870. The van der Waals surface area contributed by atoms with E-state index in [4.69, 9.17) is 10.5 Å². The highest BCUT2D eigenvalue weighted by atomic mass is 35.5. The largest absolute Gasteiger partial charge is 0.507 e. The number of halogens is 2. The highest BCUT2D eigenvalue weighted by molar-refractivity contribution is 5.94. The first-order valence-corrected chi connectivity index (χ1v) is 12.6. The molecule has 2 aromatic rings. The molecule has 36 heavy (non-hydrogen) atoms. The molecule has 4 N–H and O–H groups in total. The minimum absolute atomic E-state index is 0. The van der Waals surface area contributed by atoms with Gasteiger partial charge in [-0.15, -0.1) is 24.8 Å². The molecule has 8 heteroatoms. The van der Waals surface area contributed by atoms with Gasteiger partial charge in [0.1, 0.15) is 5.75 Å². The number of nitrogens with one attached hydrogen (secondary N) is 1. The molecule has 200 valence electrons. The van der Waals surface area contributed by atoms with Crippen LogP contribution in [0.15, 0.2) is 36.4 Å². The van der Waals surface area contributed by atoms with Crippen LogP contribution in [0.5, 0.6) is 5.75 Å². The number of amides is 1. The number of benzene rings is 2. The molecule has 1 fully saturated rings. The molecule has 1 saturated heterocycles. The van der Waals surface area contributed by atoms with E-state index in [1.165, 1.54) is 0 Å². The SMILES string of the molecule is Cc1ccc(C(=O)NC(C)CCN2CCC([C@@H]3Cc4c(ccc(C)c4O)[C@H](CN)O3)CC2)cc1.Cl.Cl. The van der Waals surface area contributed by atoms with Gasteiger partial charge in [0, 0.05) is 36.7 Å². The summed E-state index contributed by atoms with van der Waals surface area (Å²) in [6, 6.07) is 11.8. The lowest BCUT2D eigenvalue weighted by atomic mass is 9.83. The average Bonchev–Trinajstić information content (AvgIpc) is 2.85. The van der Waals surface area contributed by atoms with E-state index < -0.39 is 0 Å². The Kier molecular flexibility index (Phi) is 11.5. The number of phenolic OH excluding ortho intramolecular Hbond substituents is 1. The molecule has 2 aromatic carbocycles. The molecular formula is C28H41Cl2N3O3. The molecule has 0 aromatic heterocycles. The van der Waals surface area contributed by atoms with Crippen molar-refractivity contribution in [1.82, 2.24) is 10.2 Å². The third-order valence-electron chi connectivity index (χ3n) is 7.55. The summed E-state index contributed by atoms with van der Waals surface area (Å²) in [6.07, 6.45) is 3.80. The van der Waals surface area contributed by atoms with Crippen molar-refractivity contribution in [3.8, 4) is 5.75 Å². The number of ether oxygens (including phenoxy) is 1. The number of fused-ring (bicyclic) bond motifs is 1. The Morgan fingerprint density at radius 1 is 1.14 bits per heavy atom. The van der Waals surface area contributed by atoms with Gasteiger partial charge < -0.3 is 25.8 Å². The van der Waals surface area contributed by atoms with E-state index in [1.807, 2.05) is 44.2 Å². The number of phenols is 1. The fourth-order valence-electron chi connectivity index (χ4n) is 5.29. The van der Waals surface area contributed by atoms with Crippen molar-refractivity contribution in [2.45, 2.75) is 64.7 Å². The highest BCUT2D eigenvalue weighted by Gasteiger charge is 2.35. The first-order chi connectivity index (χ1) is 16.4. The number of hydrogen-bond acceptors (Lipinski definition) is 5. The van der Waals surface area contributed by atoms with Gasteiger partial charge in [-0.2, -0.15) is 0 Å². The second kappa shape index (κ2) is 13.6. The van der Waals surface area contributed by atoms with Gasteiger partial charge >= 0.3 is 0 Å². The van der Waals surface area contributed by atoms with Crippen LogP contribution in [0.25, 0.3) is 0 Å². The van der Waals surface area contributed by atoms with Gasteiger partial charge in [0.2, 0.25) is 0 Å². The number of rotatable bonds is 7. The number of aromatic hydroxyl groups is 1. The van der Waals surface area contributed by atoms with Crippen molar-refractivity contribution in [3.63, 3.8) is 0 Å². The van der Waals surface area contributed by atoms with Crippen molar-refractivity contribution in [1.29, 1.82) is 0 Å². The van der Waals surface area contributed by atoms with E-state index in [0.717, 1.165) is 67.6 Å². The van der Waals surface area contributed by atoms with Crippen LogP contribution in [0.2, 0.25) is 0 Å². The number of piperidine rings is 1. The summed E-state index contributed by atoms with van der Waals surface area (Å²) in [5.41, 5.74) is 10.9. The van der Waals surface area contributed by atoms with Crippen LogP contribution < -0.4 is 11.1 Å². The Morgan fingerprint density at radius 3 is 2.44 bits per heavy atom. The first-order valence-electron chi connectivity index (χ1n) is 12.6. The van der Waals surface area contributed by atoms with E-state index >= 15 is 0 Å².